The van der Waals surface area contributed by atoms with Crippen molar-refractivity contribution in [2.45, 2.75) is 19.4 Å². The van der Waals surface area contributed by atoms with Crippen molar-refractivity contribution in [3.63, 3.8) is 0 Å². The molecule has 122 valence electrons. The van der Waals surface area contributed by atoms with Gasteiger partial charge >= 0.3 is 5.97 Å². The van der Waals surface area contributed by atoms with Crippen LogP contribution in [0.4, 0.5) is 8.78 Å². The zero-order chi connectivity index (χ0) is 16.8. The third-order valence-corrected chi connectivity index (χ3v) is 3.20. The third kappa shape index (κ3) is 4.67. The average Bonchev–Trinajstić information content (AvgIpc) is 2.52. The zero-order valence-electron chi connectivity index (χ0n) is 12.5. The lowest BCUT2D eigenvalue weighted by molar-refractivity contribution is -0.136. The third-order valence-electron chi connectivity index (χ3n) is 3.20. The summed E-state index contributed by atoms with van der Waals surface area (Å²) in [6.45, 7) is -0.0144. The number of aryl methyl sites for hydroxylation is 1. The summed E-state index contributed by atoms with van der Waals surface area (Å²) in [4.78, 5) is 10.5. The second-order valence-corrected chi connectivity index (χ2v) is 4.92. The molecule has 6 heteroatoms. The van der Waals surface area contributed by atoms with Crippen molar-refractivity contribution in [1.82, 2.24) is 0 Å². The molecular weight excluding hydrogens is 306 g/mol. The van der Waals surface area contributed by atoms with E-state index in [1.165, 1.54) is 7.11 Å². The van der Waals surface area contributed by atoms with E-state index in [1.54, 1.807) is 24.3 Å². The summed E-state index contributed by atoms with van der Waals surface area (Å²) in [5.74, 6) is -2.59. The Morgan fingerprint density at radius 3 is 2.43 bits per heavy atom. The maximum Gasteiger partial charge on any atom is 0.303 e. The molecule has 0 radical (unpaired) electrons. The predicted molar refractivity (Wildman–Crippen MR) is 79.6 cm³/mol. The van der Waals surface area contributed by atoms with Crippen LogP contribution in [0.2, 0.25) is 0 Å². The number of hydrogen-bond acceptors (Lipinski definition) is 3. The van der Waals surface area contributed by atoms with E-state index in [0.717, 1.165) is 12.1 Å². The number of carbonyl (C=O) groups is 1. The van der Waals surface area contributed by atoms with E-state index < -0.39 is 23.4 Å². The predicted octanol–water partition coefficient (Wildman–Crippen LogP) is 3.57. The quantitative estimate of drug-likeness (QED) is 0.847. The largest absolute Gasteiger partial charge is 0.497 e. The molecule has 0 unspecified atom stereocenters. The molecule has 2 rings (SSSR count). The number of halogens is 2. The second-order valence-electron chi connectivity index (χ2n) is 4.92. The van der Waals surface area contributed by atoms with Crippen molar-refractivity contribution < 1.29 is 28.2 Å². The number of hydrogen-bond donors (Lipinski definition) is 1. The van der Waals surface area contributed by atoms with Crippen LogP contribution in [0.5, 0.6) is 11.5 Å². The van der Waals surface area contributed by atoms with Gasteiger partial charge in [0, 0.05) is 6.42 Å². The minimum absolute atomic E-state index is 0.0144. The second kappa shape index (κ2) is 7.58. The number of aliphatic carboxylic acids is 1. The first kappa shape index (κ1) is 16.7. The molecule has 1 N–H and O–H groups in total. The highest BCUT2D eigenvalue weighted by atomic mass is 19.1. The molecule has 0 aromatic heterocycles. The van der Waals surface area contributed by atoms with Gasteiger partial charge in [0.05, 0.1) is 7.11 Å². The first-order valence-corrected chi connectivity index (χ1v) is 6.95. The Morgan fingerprint density at radius 1 is 1.13 bits per heavy atom. The van der Waals surface area contributed by atoms with E-state index in [0.29, 0.717) is 11.3 Å². The lowest BCUT2D eigenvalue weighted by Crippen LogP contribution is -2.03. The maximum atomic E-state index is 13.9. The van der Waals surface area contributed by atoms with E-state index >= 15 is 0 Å². The Kier molecular flexibility index (Phi) is 5.51. The van der Waals surface area contributed by atoms with Crippen LogP contribution < -0.4 is 9.47 Å². The van der Waals surface area contributed by atoms with Crippen LogP contribution >= 0.6 is 0 Å². The number of benzene rings is 2. The van der Waals surface area contributed by atoms with Gasteiger partial charge in [0.2, 0.25) is 0 Å². The van der Waals surface area contributed by atoms with E-state index in [1.807, 2.05) is 0 Å². The van der Waals surface area contributed by atoms with Gasteiger partial charge in [-0.1, -0.05) is 12.1 Å². The van der Waals surface area contributed by atoms with Crippen LogP contribution in [0.3, 0.4) is 0 Å². The number of methoxy groups -OCH3 is 1. The molecule has 0 spiro atoms. The summed E-state index contributed by atoms with van der Waals surface area (Å²) >= 11 is 0. The van der Waals surface area contributed by atoms with Crippen molar-refractivity contribution in [3.05, 3.63) is 59.2 Å². The molecule has 0 aliphatic rings. The summed E-state index contributed by atoms with van der Waals surface area (Å²) in [6.07, 6.45) is -0.137. The molecule has 0 saturated carbocycles. The Balaban J connectivity index is 2.09. The number of carboxylic acid groups (broad SMARTS) is 1. The van der Waals surface area contributed by atoms with Crippen LogP contribution in [-0.4, -0.2) is 18.2 Å². The lowest BCUT2D eigenvalue weighted by atomic mass is 10.1. The minimum Gasteiger partial charge on any atom is -0.497 e. The summed E-state index contributed by atoms with van der Waals surface area (Å²) in [7, 11) is 1.52. The molecule has 0 saturated heterocycles. The zero-order valence-corrected chi connectivity index (χ0v) is 12.5. The van der Waals surface area contributed by atoms with Crippen LogP contribution in [0.25, 0.3) is 0 Å². The van der Waals surface area contributed by atoms with Crippen molar-refractivity contribution in [2.24, 2.45) is 0 Å². The molecule has 2 aromatic carbocycles. The smallest absolute Gasteiger partial charge is 0.303 e. The van der Waals surface area contributed by atoms with Gasteiger partial charge in [-0.25, -0.2) is 8.78 Å². The van der Waals surface area contributed by atoms with Gasteiger partial charge in [0.15, 0.2) is 17.4 Å². The van der Waals surface area contributed by atoms with Gasteiger partial charge in [0.25, 0.3) is 0 Å². The molecule has 0 atom stereocenters. The van der Waals surface area contributed by atoms with Crippen LogP contribution in [-0.2, 0) is 17.8 Å². The molecule has 0 amide bonds. The Morgan fingerprint density at radius 2 is 1.83 bits per heavy atom. The highest BCUT2D eigenvalue weighted by molar-refractivity contribution is 5.67. The summed E-state index contributed by atoms with van der Waals surface area (Å²) in [5.41, 5.74) is 0.981. The van der Waals surface area contributed by atoms with E-state index in [2.05, 4.69) is 0 Å². The standard InChI is InChI=1S/C17H16F2O4/c1-22-13-4-2-3-12(7-13)10-23-17-14(18)8-11(9-15(17)19)5-6-16(20)21/h2-4,7-9H,5-6,10H2,1H3,(H,20,21). The molecule has 4 nitrogen and oxygen atoms in total. The van der Waals surface area contributed by atoms with Gasteiger partial charge in [-0.2, -0.15) is 0 Å². The number of carboxylic acids is 1. The Hall–Kier alpha value is -2.63. The van der Waals surface area contributed by atoms with Gasteiger partial charge < -0.3 is 14.6 Å². The minimum atomic E-state index is -1.02. The lowest BCUT2D eigenvalue weighted by Gasteiger charge is -2.11. The highest BCUT2D eigenvalue weighted by Crippen LogP contribution is 2.25. The van der Waals surface area contributed by atoms with E-state index in [9.17, 15) is 13.6 Å². The average molecular weight is 322 g/mol. The van der Waals surface area contributed by atoms with Crippen LogP contribution in [0.1, 0.15) is 17.5 Å². The SMILES string of the molecule is COc1cccc(COc2c(F)cc(CCC(=O)O)cc2F)c1. The Labute approximate surface area is 132 Å². The van der Waals surface area contributed by atoms with Crippen LogP contribution in [0, 0.1) is 11.6 Å². The Bertz CT molecular complexity index is 678. The molecule has 0 aliphatic heterocycles. The first-order chi connectivity index (χ1) is 11.0. The van der Waals surface area contributed by atoms with Gasteiger partial charge in [-0.15, -0.1) is 0 Å². The fourth-order valence-corrected chi connectivity index (χ4v) is 2.06. The molecule has 2 aromatic rings. The van der Waals surface area contributed by atoms with Gasteiger partial charge in [-0.05, 0) is 41.8 Å². The normalized spacial score (nSPS) is 10.4. The summed E-state index contributed by atoms with van der Waals surface area (Å²) in [6, 6.07) is 9.14. The molecule has 0 aliphatic carbocycles. The summed E-state index contributed by atoms with van der Waals surface area (Å²) in [5, 5.41) is 8.60. The topological polar surface area (TPSA) is 55.8 Å². The molecule has 0 fully saturated rings. The van der Waals surface area contributed by atoms with Crippen molar-refractivity contribution in [2.75, 3.05) is 7.11 Å². The number of ether oxygens (including phenoxy) is 2. The molecule has 23 heavy (non-hydrogen) atoms. The molecule has 0 bridgehead atoms. The van der Waals surface area contributed by atoms with E-state index in [4.69, 9.17) is 14.6 Å². The molecular formula is C17H16F2O4. The van der Waals surface area contributed by atoms with Gasteiger partial charge in [0.1, 0.15) is 12.4 Å². The highest BCUT2D eigenvalue weighted by Gasteiger charge is 2.13. The van der Waals surface area contributed by atoms with Crippen molar-refractivity contribution in [1.29, 1.82) is 0 Å². The summed E-state index contributed by atoms with van der Waals surface area (Å²) < 4.78 is 38.2. The maximum absolute atomic E-state index is 13.9. The molecule has 0 heterocycles. The monoisotopic (exact) mass is 322 g/mol. The van der Waals surface area contributed by atoms with E-state index in [-0.39, 0.29) is 25.0 Å². The first-order valence-electron chi connectivity index (χ1n) is 6.95. The van der Waals surface area contributed by atoms with Crippen molar-refractivity contribution >= 4 is 5.97 Å². The van der Waals surface area contributed by atoms with Crippen molar-refractivity contribution in [3.8, 4) is 11.5 Å². The number of rotatable bonds is 7. The fourth-order valence-electron chi connectivity index (χ4n) is 2.06. The van der Waals surface area contributed by atoms with Crippen LogP contribution in [0.15, 0.2) is 36.4 Å². The fraction of sp³-hybridized carbons (Fsp3) is 0.235. The van der Waals surface area contributed by atoms with Gasteiger partial charge in [-0.3, -0.25) is 4.79 Å².